The second-order valence-corrected chi connectivity index (χ2v) is 8.73. The molecule has 6 rings (SSSR count). The van der Waals surface area contributed by atoms with E-state index in [9.17, 15) is 13.2 Å². The second-order valence-electron chi connectivity index (χ2n) is 8.73. The van der Waals surface area contributed by atoms with Crippen LogP contribution in [-0.2, 0) is 6.54 Å². The molecule has 0 aliphatic heterocycles. The zero-order valence-electron chi connectivity index (χ0n) is 19.6. The maximum Gasteiger partial charge on any atom is 0.408 e. The smallest absolute Gasteiger partial charge is 0.408 e. The van der Waals surface area contributed by atoms with Crippen molar-refractivity contribution in [3.8, 4) is 23.1 Å². The summed E-state index contributed by atoms with van der Waals surface area (Å²) in [5.74, 6) is -0.789. The maximum atomic E-state index is 15.6. The van der Waals surface area contributed by atoms with Crippen molar-refractivity contribution in [1.82, 2.24) is 34.3 Å². The molecule has 2 atom stereocenters. The van der Waals surface area contributed by atoms with Gasteiger partial charge < -0.3 is 9.47 Å². The van der Waals surface area contributed by atoms with Gasteiger partial charge in [-0.2, -0.15) is 28.4 Å². The van der Waals surface area contributed by atoms with Crippen LogP contribution in [0, 0.1) is 5.82 Å². The van der Waals surface area contributed by atoms with Crippen molar-refractivity contribution in [3.63, 3.8) is 0 Å². The van der Waals surface area contributed by atoms with Gasteiger partial charge in [-0.25, -0.2) is 18.9 Å². The van der Waals surface area contributed by atoms with Crippen molar-refractivity contribution >= 4 is 16.6 Å². The number of rotatable bonds is 6. The van der Waals surface area contributed by atoms with Crippen LogP contribution in [0.25, 0.3) is 27.8 Å². The Morgan fingerprint density at radius 3 is 2.62 bits per heavy atom. The van der Waals surface area contributed by atoms with Crippen LogP contribution in [0.15, 0.2) is 43.0 Å². The first-order chi connectivity index (χ1) is 17.8. The highest BCUT2D eigenvalue weighted by atomic mass is 19.4. The Labute approximate surface area is 206 Å². The number of benzene rings is 1. The molecule has 0 bridgehead atoms. The molecule has 0 amide bonds. The Kier molecular flexibility index (Phi) is 5.24. The van der Waals surface area contributed by atoms with E-state index in [2.05, 4.69) is 25.1 Å². The van der Waals surface area contributed by atoms with Crippen molar-refractivity contribution in [2.75, 3.05) is 14.2 Å². The van der Waals surface area contributed by atoms with E-state index in [1.54, 1.807) is 35.2 Å². The summed E-state index contributed by atoms with van der Waals surface area (Å²) in [6.45, 7) is -1.36. The summed E-state index contributed by atoms with van der Waals surface area (Å²) in [5, 5.41) is 8.66. The lowest BCUT2D eigenvalue weighted by Crippen LogP contribution is -2.19. The number of hydrogen-bond acceptors (Lipinski definition) is 7. The topological polar surface area (TPSA) is 92.3 Å². The minimum Gasteiger partial charge on any atom is -0.480 e. The van der Waals surface area contributed by atoms with Crippen LogP contribution in [0.5, 0.6) is 11.9 Å². The first-order valence-electron chi connectivity index (χ1n) is 11.3. The highest BCUT2D eigenvalue weighted by molar-refractivity contribution is 5.80. The van der Waals surface area contributed by atoms with Crippen LogP contribution in [0.1, 0.15) is 29.4 Å². The average molecular weight is 513 g/mol. The number of ether oxygens (including phenoxy) is 2. The average Bonchev–Trinajstić information content (AvgIpc) is 3.31. The Bertz CT molecular complexity index is 1650. The molecule has 9 nitrogen and oxygen atoms in total. The van der Waals surface area contributed by atoms with Gasteiger partial charge in [0.25, 0.3) is 0 Å². The minimum absolute atomic E-state index is 0.122. The fourth-order valence-corrected chi connectivity index (χ4v) is 4.74. The Morgan fingerprint density at radius 2 is 1.86 bits per heavy atom. The van der Waals surface area contributed by atoms with Gasteiger partial charge in [0, 0.05) is 29.5 Å². The lowest BCUT2D eigenvalue weighted by atomic mass is 10.0. The number of imidazole rings is 1. The third-order valence-corrected chi connectivity index (χ3v) is 6.46. The lowest BCUT2D eigenvalue weighted by Gasteiger charge is -2.11. The highest BCUT2D eigenvalue weighted by Crippen LogP contribution is 2.56. The fourth-order valence-electron chi connectivity index (χ4n) is 4.74. The lowest BCUT2D eigenvalue weighted by molar-refractivity contribution is -0.141. The largest absolute Gasteiger partial charge is 0.480 e. The predicted octanol–water partition coefficient (Wildman–Crippen LogP) is 4.53. The van der Waals surface area contributed by atoms with Crippen LogP contribution in [-0.4, -0.2) is 54.7 Å². The molecule has 1 aliphatic carbocycles. The molecule has 1 saturated carbocycles. The van der Waals surface area contributed by atoms with Crippen LogP contribution in [0.2, 0.25) is 0 Å². The number of halogens is 4. The van der Waals surface area contributed by atoms with E-state index in [0.29, 0.717) is 39.0 Å². The van der Waals surface area contributed by atoms with Gasteiger partial charge in [-0.15, -0.1) is 0 Å². The molecule has 1 aromatic carbocycles. The molecule has 4 aromatic heterocycles. The van der Waals surface area contributed by atoms with Crippen molar-refractivity contribution in [2.45, 2.75) is 31.0 Å². The first kappa shape index (κ1) is 23.1. The number of hydrogen-bond donors (Lipinski definition) is 0. The summed E-state index contributed by atoms with van der Waals surface area (Å²) >= 11 is 0. The monoisotopic (exact) mass is 513 g/mol. The van der Waals surface area contributed by atoms with Gasteiger partial charge in [0.15, 0.2) is 11.5 Å². The summed E-state index contributed by atoms with van der Waals surface area (Å²) in [6, 6.07) is 5.20. The second kappa shape index (κ2) is 8.39. The van der Waals surface area contributed by atoms with Gasteiger partial charge in [0.2, 0.25) is 5.88 Å². The van der Waals surface area contributed by atoms with Gasteiger partial charge in [-0.05, 0) is 29.9 Å². The molecule has 13 heteroatoms. The molecule has 37 heavy (non-hydrogen) atoms. The zero-order chi connectivity index (χ0) is 25.9. The fraction of sp³-hybridized carbons (Fsp3) is 0.292. The third kappa shape index (κ3) is 3.99. The number of aromatic nitrogens is 7. The van der Waals surface area contributed by atoms with E-state index in [-0.39, 0.29) is 29.2 Å². The number of nitrogens with zero attached hydrogens (tertiary/aromatic N) is 7. The van der Waals surface area contributed by atoms with E-state index in [1.165, 1.54) is 20.4 Å². The van der Waals surface area contributed by atoms with Crippen molar-refractivity contribution in [1.29, 1.82) is 0 Å². The van der Waals surface area contributed by atoms with Crippen LogP contribution < -0.4 is 9.47 Å². The van der Waals surface area contributed by atoms with Gasteiger partial charge in [0.05, 0.1) is 31.7 Å². The molecule has 1 fully saturated rings. The van der Waals surface area contributed by atoms with Crippen LogP contribution in [0.3, 0.4) is 0 Å². The van der Waals surface area contributed by atoms with E-state index >= 15 is 4.39 Å². The van der Waals surface area contributed by atoms with Crippen LogP contribution >= 0.6 is 0 Å². The minimum atomic E-state index is -4.52. The number of methoxy groups -OCH3 is 2. The first-order valence-corrected chi connectivity index (χ1v) is 11.3. The highest BCUT2D eigenvalue weighted by Gasteiger charge is 2.43. The van der Waals surface area contributed by atoms with Crippen molar-refractivity contribution < 1.29 is 27.0 Å². The molecule has 1 unspecified atom stereocenters. The van der Waals surface area contributed by atoms with E-state index in [1.807, 2.05) is 6.07 Å². The Balaban J connectivity index is 1.40. The summed E-state index contributed by atoms with van der Waals surface area (Å²) < 4.78 is 67.3. The quantitative estimate of drug-likeness (QED) is 0.308. The zero-order valence-corrected chi connectivity index (χ0v) is 19.6. The Morgan fingerprint density at radius 1 is 1.05 bits per heavy atom. The van der Waals surface area contributed by atoms with Crippen molar-refractivity contribution in [3.05, 3.63) is 59.9 Å². The molecular weight excluding hydrogens is 494 g/mol. The SMILES string of the molecule is COc1ncc(-c2cc(C3C[C@@H]3c3ccc4cnn(CC(F)(F)F)c4c3F)c3nccn3n2)c(OC)n1. The van der Waals surface area contributed by atoms with Crippen LogP contribution in [0.4, 0.5) is 17.6 Å². The Hall–Kier alpha value is -4.29. The normalized spacial score (nSPS) is 17.5. The number of fused-ring (bicyclic) bond motifs is 2. The van der Waals surface area contributed by atoms with Gasteiger partial charge in [-0.3, -0.25) is 4.68 Å². The molecule has 0 N–H and O–H groups in total. The summed E-state index contributed by atoms with van der Waals surface area (Å²) in [5.41, 5.74) is 2.66. The van der Waals surface area contributed by atoms with E-state index in [4.69, 9.17) is 9.47 Å². The van der Waals surface area contributed by atoms with Crippen molar-refractivity contribution in [2.24, 2.45) is 0 Å². The molecule has 0 spiro atoms. The van der Waals surface area contributed by atoms with E-state index in [0.717, 1.165) is 5.56 Å². The predicted molar refractivity (Wildman–Crippen MR) is 123 cm³/mol. The van der Waals surface area contributed by atoms with Gasteiger partial charge in [-0.1, -0.05) is 12.1 Å². The molecular formula is C24H19F4N7O2. The number of alkyl halides is 3. The molecule has 0 saturated heterocycles. The summed E-state index contributed by atoms with van der Waals surface area (Å²) in [6.07, 6.45) is 2.16. The summed E-state index contributed by atoms with van der Waals surface area (Å²) in [7, 11) is 2.92. The maximum absolute atomic E-state index is 15.6. The molecule has 0 radical (unpaired) electrons. The summed E-state index contributed by atoms with van der Waals surface area (Å²) in [4.78, 5) is 12.8. The van der Waals surface area contributed by atoms with Gasteiger partial charge >= 0.3 is 12.2 Å². The van der Waals surface area contributed by atoms with Gasteiger partial charge in [0.1, 0.15) is 12.1 Å². The molecule has 5 aromatic rings. The van der Waals surface area contributed by atoms with E-state index < -0.39 is 18.5 Å². The molecule has 4 heterocycles. The standard InChI is InChI=1S/C24H19F4N7O2/c1-36-22-17(10-30-23(32-22)37-2)18-8-16(21-29-5-6-34(21)33-18)15-7-14(15)13-4-3-12-9-31-35(11-24(26,27)28)20(12)19(13)25/h3-6,8-10,14-15H,7,11H2,1-2H3/t14-,15?/m1/s1. The molecule has 190 valence electrons. The third-order valence-electron chi connectivity index (χ3n) is 6.46. The molecule has 1 aliphatic rings.